The lowest BCUT2D eigenvalue weighted by atomic mass is 9.86. The van der Waals surface area contributed by atoms with Gasteiger partial charge in [0.1, 0.15) is 0 Å². The van der Waals surface area contributed by atoms with Gasteiger partial charge in [-0.05, 0) is 85.9 Å². The standard InChI is InChI=1S/C36H47N3O/c1-26-9-8-12-30(21-26)32(23-36(40)38-31-13-6-3-7-14-31)34-25-39(24-27-10-4-2-5-11-27)35-16-15-29(22-33(34)35)28-17-19-37-20-18-28/h8-9,12,15-17,21-22,25,27,31-32,37H,2-7,10-11,13-14,18-20,23-24H2,1H3,(H,38,40). The first kappa shape index (κ1) is 27.3. The van der Waals surface area contributed by atoms with Crippen molar-refractivity contribution in [3.8, 4) is 0 Å². The summed E-state index contributed by atoms with van der Waals surface area (Å²) in [5, 5.41) is 8.21. The van der Waals surface area contributed by atoms with Gasteiger partial charge in [-0.15, -0.1) is 0 Å². The second-order valence-corrected chi connectivity index (χ2v) is 12.7. The average Bonchev–Trinajstić information content (AvgIpc) is 3.34. The Labute approximate surface area is 240 Å². The number of benzene rings is 2. The van der Waals surface area contributed by atoms with Gasteiger partial charge in [0.15, 0.2) is 0 Å². The van der Waals surface area contributed by atoms with Gasteiger partial charge in [0.05, 0.1) is 0 Å². The summed E-state index contributed by atoms with van der Waals surface area (Å²) in [5.74, 6) is 0.982. The Morgan fingerprint density at radius 3 is 2.55 bits per heavy atom. The van der Waals surface area contributed by atoms with E-state index < -0.39 is 0 Å². The minimum Gasteiger partial charge on any atom is -0.353 e. The number of carbonyl (C=O) groups excluding carboxylic acids is 1. The SMILES string of the molecule is Cc1cccc(C(CC(=O)NC2CCCCC2)c2cn(CC3CCCCC3)c3ccc(C4=CCNCC4)cc23)c1. The summed E-state index contributed by atoms with van der Waals surface area (Å²) in [4.78, 5) is 13.6. The average molecular weight is 538 g/mol. The van der Waals surface area contributed by atoms with E-state index in [0.29, 0.717) is 12.5 Å². The van der Waals surface area contributed by atoms with Gasteiger partial charge in [-0.2, -0.15) is 0 Å². The molecule has 1 aromatic heterocycles. The maximum Gasteiger partial charge on any atom is 0.221 e. The lowest BCUT2D eigenvalue weighted by Gasteiger charge is -2.24. The molecular formula is C36H47N3O. The molecule has 4 nitrogen and oxygen atoms in total. The Balaban J connectivity index is 1.40. The van der Waals surface area contributed by atoms with Crippen LogP contribution in [0.5, 0.6) is 0 Å². The number of aromatic nitrogens is 1. The lowest BCUT2D eigenvalue weighted by Crippen LogP contribution is -2.36. The molecule has 3 aliphatic rings. The maximum absolute atomic E-state index is 13.6. The van der Waals surface area contributed by atoms with Crippen LogP contribution in [0, 0.1) is 12.8 Å². The molecule has 4 heteroatoms. The molecule has 40 heavy (non-hydrogen) atoms. The van der Waals surface area contributed by atoms with Crippen LogP contribution in [0.3, 0.4) is 0 Å². The Morgan fingerprint density at radius 1 is 1.00 bits per heavy atom. The summed E-state index contributed by atoms with van der Waals surface area (Å²) in [6, 6.07) is 16.3. The number of hydrogen-bond acceptors (Lipinski definition) is 2. The quantitative estimate of drug-likeness (QED) is 0.307. The molecule has 3 aromatic rings. The molecule has 1 atom stereocenters. The maximum atomic E-state index is 13.6. The number of aryl methyl sites for hydroxylation is 1. The molecule has 2 aromatic carbocycles. The molecule has 2 N–H and O–H groups in total. The zero-order valence-electron chi connectivity index (χ0n) is 24.4. The van der Waals surface area contributed by atoms with Gasteiger partial charge in [0.25, 0.3) is 0 Å². The zero-order chi connectivity index (χ0) is 27.3. The molecule has 0 spiro atoms. The van der Waals surface area contributed by atoms with Crippen molar-refractivity contribution >= 4 is 22.4 Å². The first-order valence-electron chi connectivity index (χ1n) is 16.0. The van der Waals surface area contributed by atoms with E-state index in [1.54, 1.807) is 0 Å². The van der Waals surface area contributed by atoms with E-state index >= 15 is 0 Å². The molecule has 2 fully saturated rings. The smallest absolute Gasteiger partial charge is 0.221 e. The number of amides is 1. The monoisotopic (exact) mass is 537 g/mol. The van der Waals surface area contributed by atoms with Gasteiger partial charge >= 0.3 is 0 Å². The molecule has 2 saturated carbocycles. The van der Waals surface area contributed by atoms with Crippen molar-refractivity contribution in [2.24, 2.45) is 5.92 Å². The molecule has 0 bridgehead atoms. The van der Waals surface area contributed by atoms with Gasteiger partial charge in [0.2, 0.25) is 5.91 Å². The number of rotatable bonds is 8. The van der Waals surface area contributed by atoms with Crippen molar-refractivity contribution in [3.05, 3.63) is 77.0 Å². The van der Waals surface area contributed by atoms with Crippen molar-refractivity contribution in [1.29, 1.82) is 0 Å². The largest absolute Gasteiger partial charge is 0.353 e. The van der Waals surface area contributed by atoms with Crippen LogP contribution in [-0.4, -0.2) is 29.6 Å². The molecule has 1 unspecified atom stereocenters. The Kier molecular flexibility index (Phi) is 8.72. The molecule has 0 saturated heterocycles. The van der Waals surface area contributed by atoms with Crippen LogP contribution in [-0.2, 0) is 11.3 Å². The predicted molar refractivity (Wildman–Crippen MR) is 167 cm³/mol. The summed E-state index contributed by atoms with van der Waals surface area (Å²) in [6.45, 7) is 5.22. The summed E-state index contributed by atoms with van der Waals surface area (Å²) in [7, 11) is 0. The van der Waals surface area contributed by atoms with Crippen LogP contribution in [0.15, 0.2) is 54.7 Å². The predicted octanol–water partition coefficient (Wildman–Crippen LogP) is 7.88. The summed E-state index contributed by atoms with van der Waals surface area (Å²) < 4.78 is 2.53. The van der Waals surface area contributed by atoms with E-state index in [1.165, 1.54) is 90.1 Å². The van der Waals surface area contributed by atoms with Crippen LogP contribution in [0.4, 0.5) is 0 Å². The highest BCUT2D eigenvalue weighted by Crippen LogP contribution is 2.38. The van der Waals surface area contributed by atoms with Crippen LogP contribution in [0.2, 0.25) is 0 Å². The Morgan fingerprint density at radius 2 is 1.80 bits per heavy atom. The van der Waals surface area contributed by atoms with Crippen molar-refractivity contribution in [3.63, 3.8) is 0 Å². The van der Waals surface area contributed by atoms with Gasteiger partial charge in [-0.1, -0.05) is 80.5 Å². The van der Waals surface area contributed by atoms with Crippen LogP contribution >= 0.6 is 0 Å². The van der Waals surface area contributed by atoms with Crippen LogP contribution in [0.25, 0.3) is 16.5 Å². The number of carbonyl (C=O) groups is 1. The number of nitrogens with zero attached hydrogens (tertiary/aromatic N) is 1. The van der Waals surface area contributed by atoms with Gasteiger partial charge < -0.3 is 15.2 Å². The molecule has 212 valence electrons. The van der Waals surface area contributed by atoms with Crippen molar-refractivity contribution < 1.29 is 4.79 Å². The Bertz CT molecular complexity index is 1340. The van der Waals surface area contributed by atoms with E-state index in [2.05, 4.69) is 76.9 Å². The zero-order valence-corrected chi connectivity index (χ0v) is 24.4. The number of fused-ring (bicyclic) bond motifs is 1. The van der Waals surface area contributed by atoms with Crippen molar-refractivity contribution in [2.45, 2.75) is 102 Å². The molecule has 2 heterocycles. The second kappa shape index (κ2) is 12.8. The molecule has 2 aliphatic carbocycles. The van der Waals surface area contributed by atoms with Crippen LogP contribution < -0.4 is 10.6 Å². The van der Waals surface area contributed by atoms with Gasteiger partial charge in [-0.3, -0.25) is 4.79 Å². The third kappa shape index (κ3) is 6.38. The summed E-state index contributed by atoms with van der Waals surface area (Å²) in [6.07, 6.45) is 19.1. The minimum atomic E-state index is 0.0378. The third-order valence-corrected chi connectivity index (χ3v) is 9.71. The highest BCUT2D eigenvalue weighted by atomic mass is 16.1. The van der Waals surface area contributed by atoms with Crippen molar-refractivity contribution in [2.75, 3.05) is 13.1 Å². The van der Waals surface area contributed by atoms with E-state index in [0.717, 1.165) is 44.8 Å². The topological polar surface area (TPSA) is 46.1 Å². The van der Waals surface area contributed by atoms with E-state index in [1.807, 2.05) is 0 Å². The molecular weight excluding hydrogens is 490 g/mol. The fraction of sp³-hybridized carbons (Fsp3) is 0.528. The molecule has 6 rings (SSSR count). The fourth-order valence-corrected chi connectivity index (χ4v) is 7.50. The molecule has 0 radical (unpaired) electrons. The highest BCUT2D eigenvalue weighted by molar-refractivity contribution is 5.90. The number of nitrogens with one attached hydrogen (secondary N) is 2. The summed E-state index contributed by atoms with van der Waals surface area (Å²) >= 11 is 0. The first-order valence-corrected chi connectivity index (χ1v) is 16.0. The van der Waals surface area contributed by atoms with E-state index in [-0.39, 0.29) is 11.8 Å². The first-order chi connectivity index (χ1) is 19.6. The normalized spacial score (nSPS) is 19.9. The molecule has 1 amide bonds. The number of hydrogen-bond donors (Lipinski definition) is 2. The molecule has 1 aliphatic heterocycles. The second-order valence-electron chi connectivity index (χ2n) is 12.7. The van der Waals surface area contributed by atoms with Crippen molar-refractivity contribution in [1.82, 2.24) is 15.2 Å². The van der Waals surface area contributed by atoms with Gasteiger partial charge in [-0.25, -0.2) is 0 Å². The third-order valence-electron chi connectivity index (χ3n) is 9.71. The van der Waals surface area contributed by atoms with E-state index in [4.69, 9.17) is 0 Å². The fourth-order valence-electron chi connectivity index (χ4n) is 7.50. The van der Waals surface area contributed by atoms with Crippen LogP contribution in [0.1, 0.15) is 105 Å². The van der Waals surface area contributed by atoms with E-state index in [9.17, 15) is 4.79 Å². The van der Waals surface area contributed by atoms with Gasteiger partial charge in [0, 0.05) is 48.6 Å². The minimum absolute atomic E-state index is 0.0378. The Hall–Kier alpha value is -2.85. The highest BCUT2D eigenvalue weighted by Gasteiger charge is 2.26. The summed E-state index contributed by atoms with van der Waals surface area (Å²) in [5.41, 5.74) is 7.91. The lowest BCUT2D eigenvalue weighted by molar-refractivity contribution is -0.122.